The largest absolute Gasteiger partial charge is 0.490 e. The number of nitrogens with two attached hydrogens (primary N) is 1. The molecule has 0 saturated carbocycles. The van der Waals surface area contributed by atoms with Crippen LogP contribution in [0.25, 0.3) is 0 Å². The van der Waals surface area contributed by atoms with Crippen LogP contribution < -0.4 is 15.8 Å². The number of carbonyl (C=O) groups is 1. The molecular weight excluding hydrogens is 311 g/mol. The van der Waals surface area contributed by atoms with Gasteiger partial charge in [-0.3, -0.25) is 4.79 Å². The number of anilines is 1. The van der Waals surface area contributed by atoms with Crippen molar-refractivity contribution in [3.05, 3.63) is 58.1 Å². The topological polar surface area (TPSA) is 64.3 Å². The maximum absolute atomic E-state index is 12.0. The van der Waals surface area contributed by atoms with Crippen LogP contribution >= 0.6 is 23.2 Å². The van der Waals surface area contributed by atoms with Crippen LogP contribution in [-0.4, -0.2) is 19.1 Å². The third-order valence-corrected chi connectivity index (χ3v) is 3.58. The summed E-state index contributed by atoms with van der Waals surface area (Å²) in [6.45, 7) is 0.633. The standard InChI is InChI=1S/C15H14Cl2N2O2/c16-11-5-3-4-10(14(11)17)15(20)19-8-9-21-13-7-2-1-6-12(13)18/h1-7H,8-9,18H2,(H,19,20). The lowest BCUT2D eigenvalue weighted by atomic mass is 10.2. The smallest absolute Gasteiger partial charge is 0.252 e. The van der Waals surface area contributed by atoms with Gasteiger partial charge < -0.3 is 15.8 Å². The van der Waals surface area contributed by atoms with Gasteiger partial charge in [0, 0.05) is 0 Å². The molecular formula is C15H14Cl2N2O2. The van der Waals surface area contributed by atoms with E-state index in [4.69, 9.17) is 33.7 Å². The Hall–Kier alpha value is -1.91. The molecule has 2 aromatic rings. The second-order valence-electron chi connectivity index (χ2n) is 4.24. The number of rotatable bonds is 5. The fraction of sp³-hybridized carbons (Fsp3) is 0.133. The first-order chi connectivity index (χ1) is 10.1. The minimum atomic E-state index is -0.299. The molecule has 2 aromatic carbocycles. The molecule has 1 amide bonds. The molecule has 0 spiro atoms. The predicted octanol–water partition coefficient (Wildman–Crippen LogP) is 3.38. The van der Waals surface area contributed by atoms with Crippen LogP contribution in [0.4, 0.5) is 5.69 Å². The Labute approximate surface area is 132 Å². The van der Waals surface area contributed by atoms with Crippen LogP contribution in [0.1, 0.15) is 10.4 Å². The molecule has 6 heteroatoms. The molecule has 0 fully saturated rings. The fourth-order valence-electron chi connectivity index (χ4n) is 1.71. The van der Waals surface area contributed by atoms with Crippen molar-refractivity contribution in [3.8, 4) is 5.75 Å². The molecule has 4 nitrogen and oxygen atoms in total. The van der Waals surface area contributed by atoms with E-state index in [-0.39, 0.29) is 10.9 Å². The molecule has 0 aliphatic rings. The predicted molar refractivity (Wildman–Crippen MR) is 85.1 cm³/mol. The third-order valence-electron chi connectivity index (χ3n) is 2.76. The van der Waals surface area contributed by atoms with E-state index >= 15 is 0 Å². The molecule has 0 radical (unpaired) electrons. The summed E-state index contributed by atoms with van der Waals surface area (Å²) in [5, 5.41) is 3.29. The minimum absolute atomic E-state index is 0.241. The summed E-state index contributed by atoms with van der Waals surface area (Å²) in [4.78, 5) is 12.0. The van der Waals surface area contributed by atoms with Gasteiger partial charge in [-0.2, -0.15) is 0 Å². The number of ether oxygens (including phenoxy) is 1. The SMILES string of the molecule is Nc1ccccc1OCCNC(=O)c1cccc(Cl)c1Cl. The van der Waals surface area contributed by atoms with Crippen molar-refractivity contribution in [1.29, 1.82) is 0 Å². The van der Waals surface area contributed by atoms with Gasteiger partial charge in [0.15, 0.2) is 0 Å². The fourth-order valence-corrected chi connectivity index (χ4v) is 2.10. The van der Waals surface area contributed by atoms with E-state index in [1.54, 1.807) is 30.3 Å². The molecule has 0 aromatic heterocycles. The number of hydrogen-bond acceptors (Lipinski definition) is 3. The van der Waals surface area contributed by atoms with Crippen LogP contribution in [0.3, 0.4) is 0 Å². The third kappa shape index (κ3) is 4.03. The van der Waals surface area contributed by atoms with Gasteiger partial charge >= 0.3 is 0 Å². The summed E-state index contributed by atoms with van der Waals surface area (Å²) in [6, 6.07) is 12.1. The molecule has 110 valence electrons. The van der Waals surface area contributed by atoms with Gasteiger partial charge in [0.1, 0.15) is 12.4 Å². The zero-order chi connectivity index (χ0) is 15.2. The van der Waals surface area contributed by atoms with Crippen molar-refractivity contribution >= 4 is 34.8 Å². The maximum atomic E-state index is 12.0. The van der Waals surface area contributed by atoms with E-state index in [1.807, 2.05) is 12.1 Å². The summed E-state index contributed by atoms with van der Waals surface area (Å²) >= 11 is 11.8. The molecule has 0 heterocycles. The van der Waals surface area contributed by atoms with Gasteiger partial charge in [-0.1, -0.05) is 41.4 Å². The summed E-state index contributed by atoms with van der Waals surface area (Å²) < 4.78 is 5.48. The van der Waals surface area contributed by atoms with Gasteiger partial charge in [0.2, 0.25) is 0 Å². The second kappa shape index (κ2) is 7.20. The van der Waals surface area contributed by atoms with E-state index in [1.165, 1.54) is 0 Å². The quantitative estimate of drug-likeness (QED) is 0.654. The second-order valence-corrected chi connectivity index (χ2v) is 5.03. The molecule has 0 aliphatic heterocycles. The number of carbonyl (C=O) groups excluding carboxylic acids is 1. The van der Waals surface area contributed by atoms with Crippen LogP contribution in [-0.2, 0) is 0 Å². The normalized spacial score (nSPS) is 10.2. The molecule has 0 unspecified atom stereocenters. The van der Waals surface area contributed by atoms with E-state index in [0.29, 0.717) is 35.2 Å². The first-order valence-electron chi connectivity index (χ1n) is 6.29. The van der Waals surface area contributed by atoms with Crippen molar-refractivity contribution < 1.29 is 9.53 Å². The van der Waals surface area contributed by atoms with Crippen LogP contribution in [0.2, 0.25) is 10.0 Å². The highest BCUT2D eigenvalue weighted by Gasteiger charge is 2.11. The minimum Gasteiger partial charge on any atom is -0.490 e. The Morgan fingerprint density at radius 1 is 1.14 bits per heavy atom. The number of nitrogen functional groups attached to an aromatic ring is 1. The lowest BCUT2D eigenvalue weighted by Gasteiger charge is -2.10. The van der Waals surface area contributed by atoms with Crippen LogP contribution in [0.5, 0.6) is 5.75 Å². The highest BCUT2D eigenvalue weighted by molar-refractivity contribution is 6.43. The Balaban J connectivity index is 1.85. The summed E-state index contributed by atoms with van der Waals surface area (Å²) in [5.41, 5.74) is 6.64. The Morgan fingerprint density at radius 3 is 2.67 bits per heavy atom. The Morgan fingerprint density at radius 2 is 1.90 bits per heavy atom. The van der Waals surface area contributed by atoms with Crippen LogP contribution in [0.15, 0.2) is 42.5 Å². The van der Waals surface area contributed by atoms with Gasteiger partial charge in [0.05, 0.1) is 27.8 Å². The number of amides is 1. The average Bonchev–Trinajstić information content (AvgIpc) is 2.48. The molecule has 0 saturated heterocycles. The maximum Gasteiger partial charge on any atom is 0.252 e. The zero-order valence-electron chi connectivity index (χ0n) is 11.1. The van der Waals surface area contributed by atoms with Crippen molar-refractivity contribution in [2.24, 2.45) is 0 Å². The van der Waals surface area contributed by atoms with Gasteiger partial charge in [-0.25, -0.2) is 0 Å². The van der Waals surface area contributed by atoms with Gasteiger partial charge in [-0.15, -0.1) is 0 Å². The van der Waals surface area contributed by atoms with Crippen molar-refractivity contribution in [2.75, 3.05) is 18.9 Å². The Kier molecular flexibility index (Phi) is 5.31. The molecule has 2 rings (SSSR count). The number of hydrogen-bond donors (Lipinski definition) is 2. The summed E-state index contributed by atoms with van der Waals surface area (Å²) in [7, 11) is 0. The lowest BCUT2D eigenvalue weighted by Crippen LogP contribution is -2.28. The zero-order valence-corrected chi connectivity index (χ0v) is 12.6. The van der Waals surface area contributed by atoms with Gasteiger partial charge in [0.25, 0.3) is 5.91 Å². The highest BCUT2D eigenvalue weighted by atomic mass is 35.5. The van der Waals surface area contributed by atoms with Gasteiger partial charge in [-0.05, 0) is 24.3 Å². The van der Waals surface area contributed by atoms with E-state index < -0.39 is 0 Å². The monoisotopic (exact) mass is 324 g/mol. The first-order valence-corrected chi connectivity index (χ1v) is 7.04. The number of nitrogens with one attached hydrogen (secondary N) is 1. The first kappa shape index (κ1) is 15.5. The molecule has 3 N–H and O–H groups in total. The molecule has 21 heavy (non-hydrogen) atoms. The molecule has 0 atom stereocenters. The lowest BCUT2D eigenvalue weighted by molar-refractivity contribution is 0.0947. The summed E-state index contributed by atoms with van der Waals surface area (Å²) in [5.74, 6) is 0.291. The molecule has 0 bridgehead atoms. The number of para-hydroxylation sites is 2. The van der Waals surface area contributed by atoms with E-state index in [9.17, 15) is 4.79 Å². The summed E-state index contributed by atoms with van der Waals surface area (Å²) in [6.07, 6.45) is 0. The van der Waals surface area contributed by atoms with E-state index in [0.717, 1.165) is 0 Å². The van der Waals surface area contributed by atoms with Crippen molar-refractivity contribution in [2.45, 2.75) is 0 Å². The Bertz CT molecular complexity index is 647. The average molecular weight is 325 g/mol. The molecule has 0 aliphatic carbocycles. The number of benzene rings is 2. The van der Waals surface area contributed by atoms with E-state index in [2.05, 4.69) is 5.32 Å². The van der Waals surface area contributed by atoms with Crippen molar-refractivity contribution in [3.63, 3.8) is 0 Å². The highest BCUT2D eigenvalue weighted by Crippen LogP contribution is 2.25. The van der Waals surface area contributed by atoms with Crippen molar-refractivity contribution in [1.82, 2.24) is 5.32 Å². The van der Waals surface area contributed by atoms with Crippen LogP contribution in [0, 0.1) is 0 Å². The number of halogens is 2.